The Balaban J connectivity index is 1.29. The molecule has 0 atom stereocenters. The SMILES string of the molecule is C=CCN1C(=O)/C(=C/c2c(N3CCN(Cc4ccc5c(c4)OCO5)CC3)nc3ccc(C)cn3c2=O)SC1=S. The summed E-state index contributed by atoms with van der Waals surface area (Å²) >= 11 is 6.60. The van der Waals surface area contributed by atoms with Gasteiger partial charge in [-0.15, -0.1) is 6.58 Å². The minimum atomic E-state index is -0.224. The van der Waals surface area contributed by atoms with Crippen LogP contribution < -0.4 is 19.9 Å². The summed E-state index contributed by atoms with van der Waals surface area (Å²) in [7, 11) is 0. The lowest BCUT2D eigenvalue weighted by Gasteiger charge is -2.36. The molecule has 5 heterocycles. The number of ether oxygens (including phenoxy) is 2. The molecule has 2 fully saturated rings. The second kappa shape index (κ2) is 10.5. The van der Waals surface area contributed by atoms with Gasteiger partial charge in [0.2, 0.25) is 6.79 Å². The minimum absolute atomic E-state index is 0.213. The van der Waals surface area contributed by atoms with Crippen molar-refractivity contribution in [1.82, 2.24) is 19.2 Å². The van der Waals surface area contributed by atoms with Gasteiger partial charge in [0.05, 0.1) is 10.5 Å². The molecule has 6 rings (SSSR count). The predicted molar refractivity (Wildman–Crippen MR) is 156 cm³/mol. The number of aryl methyl sites for hydroxylation is 1. The zero-order chi connectivity index (χ0) is 27.1. The third-order valence-electron chi connectivity index (χ3n) is 6.96. The van der Waals surface area contributed by atoms with Crippen LogP contribution in [0.3, 0.4) is 0 Å². The number of thioether (sulfide) groups is 1. The zero-order valence-corrected chi connectivity index (χ0v) is 23.1. The summed E-state index contributed by atoms with van der Waals surface area (Å²) in [5.41, 5.74) is 2.85. The molecule has 1 amide bonds. The fourth-order valence-corrected chi connectivity index (χ4v) is 6.20. The van der Waals surface area contributed by atoms with E-state index in [0.29, 0.717) is 45.9 Å². The smallest absolute Gasteiger partial charge is 0.267 e. The summed E-state index contributed by atoms with van der Waals surface area (Å²) in [6.45, 7) is 9.99. The minimum Gasteiger partial charge on any atom is -0.454 e. The lowest BCUT2D eigenvalue weighted by molar-refractivity contribution is -0.121. The molecule has 0 unspecified atom stereocenters. The highest BCUT2D eigenvalue weighted by Crippen LogP contribution is 2.34. The highest BCUT2D eigenvalue weighted by atomic mass is 32.2. The Labute approximate surface area is 235 Å². The first-order valence-corrected chi connectivity index (χ1v) is 13.9. The molecule has 1 aromatic carbocycles. The van der Waals surface area contributed by atoms with E-state index in [1.807, 2.05) is 31.2 Å². The van der Waals surface area contributed by atoms with Gasteiger partial charge >= 0.3 is 0 Å². The molecule has 200 valence electrons. The van der Waals surface area contributed by atoms with Crippen LogP contribution in [0, 0.1) is 6.92 Å². The highest BCUT2D eigenvalue weighted by molar-refractivity contribution is 8.26. The van der Waals surface area contributed by atoms with Gasteiger partial charge < -0.3 is 14.4 Å². The van der Waals surface area contributed by atoms with E-state index in [1.54, 1.807) is 22.7 Å². The molecule has 9 nitrogen and oxygen atoms in total. The molecular formula is C28H27N5O4S2. The number of rotatable bonds is 6. The van der Waals surface area contributed by atoms with E-state index in [9.17, 15) is 9.59 Å². The van der Waals surface area contributed by atoms with Crippen molar-refractivity contribution in [2.75, 3.05) is 44.4 Å². The van der Waals surface area contributed by atoms with Gasteiger partial charge in [-0.1, -0.05) is 42.2 Å². The Morgan fingerprint density at radius 2 is 1.90 bits per heavy atom. The summed E-state index contributed by atoms with van der Waals surface area (Å²) in [4.78, 5) is 38.1. The average molecular weight is 562 g/mol. The largest absolute Gasteiger partial charge is 0.454 e. The number of hydrogen-bond donors (Lipinski definition) is 0. The molecule has 0 aliphatic carbocycles. The van der Waals surface area contributed by atoms with Gasteiger partial charge in [-0.3, -0.25) is 23.8 Å². The molecule has 11 heteroatoms. The van der Waals surface area contributed by atoms with Crippen LogP contribution in [0.5, 0.6) is 11.5 Å². The monoisotopic (exact) mass is 561 g/mol. The molecule has 0 bridgehead atoms. The van der Waals surface area contributed by atoms with Crippen molar-refractivity contribution >= 4 is 51.7 Å². The van der Waals surface area contributed by atoms with Gasteiger partial charge in [0.15, 0.2) is 11.5 Å². The van der Waals surface area contributed by atoms with E-state index in [2.05, 4.69) is 22.4 Å². The van der Waals surface area contributed by atoms with Crippen molar-refractivity contribution in [3.63, 3.8) is 0 Å². The van der Waals surface area contributed by atoms with Crippen LogP contribution in [0.4, 0.5) is 5.82 Å². The Kier molecular flexibility index (Phi) is 6.88. The van der Waals surface area contributed by atoms with E-state index in [-0.39, 0.29) is 18.3 Å². The standard InChI is InChI=1S/C28H27N5O4S2/c1-3-8-32-27(35)23(39-28(32)38)14-20-25(29-24-7-4-18(2)15-33(24)26(20)34)31-11-9-30(10-12-31)16-19-5-6-21-22(13-19)37-17-36-21/h3-7,13-15H,1,8-12,16-17H2,2H3/b23-14-. The van der Waals surface area contributed by atoms with Crippen LogP contribution in [0.25, 0.3) is 11.7 Å². The molecule has 0 radical (unpaired) electrons. The van der Waals surface area contributed by atoms with Crippen LogP contribution >= 0.6 is 24.0 Å². The van der Waals surface area contributed by atoms with Crippen molar-refractivity contribution in [2.24, 2.45) is 0 Å². The number of fused-ring (bicyclic) bond motifs is 2. The summed E-state index contributed by atoms with van der Waals surface area (Å²) in [5.74, 6) is 1.92. The predicted octanol–water partition coefficient (Wildman–Crippen LogP) is 3.44. The number of pyridine rings is 1. The van der Waals surface area contributed by atoms with E-state index < -0.39 is 0 Å². The first-order valence-electron chi connectivity index (χ1n) is 12.7. The van der Waals surface area contributed by atoms with Crippen LogP contribution in [0.1, 0.15) is 16.7 Å². The Morgan fingerprint density at radius 1 is 1.10 bits per heavy atom. The second-order valence-corrected chi connectivity index (χ2v) is 11.3. The molecule has 3 aliphatic heterocycles. The van der Waals surface area contributed by atoms with Crippen LogP contribution in [-0.2, 0) is 11.3 Å². The van der Waals surface area contributed by atoms with Gasteiger partial charge in [0.25, 0.3) is 11.5 Å². The fourth-order valence-electron chi connectivity index (χ4n) is 4.95. The van der Waals surface area contributed by atoms with Crippen molar-refractivity contribution in [1.29, 1.82) is 0 Å². The molecule has 39 heavy (non-hydrogen) atoms. The summed E-state index contributed by atoms with van der Waals surface area (Å²) in [6, 6.07) is 9.84. The molecule has 0 spiro atoms. The van der Waals surface area contributed by atoms with Crippen molar-refractivity contribution in [2.45, 2.75) is 13.5 Å². The summed E-state index contributed by atoms with van der Waals surface area (Å²) in [6.07, 6.45) is 5.07. The molecule has 3 aromatic rings. The first-order chi connectivity index (χ1) is 18.9. The topological polar surface area (TPSA) is 79.6 Å². The average Bonchev–Trinajstić information content (AvgIpc) is 3.50. The van der Waals surface area contributed by atoms with E-state index in [0.717, 1.165) is 42.3 Å². The highest BCUT2D eigenvalue weighted by Gasteiger charge is 2.32. The zero-order valence-electron chi connectivity index (χ0n) is 21.5. The third-order valence-corrected chi connectivity index (χ3v) is 8.34. The number of anilines is 1. The number of thiocarbonyl (C=S) groups is 1. The molecule has 2 aromatic heterocycles. The molecule has 0 saturated carbocycles. The lowest BCUT2D eigenvalue weighted by Crippen LogP contribution is -2.47. The summed E-state index contributed by atoms with van der Waals surface area (Å²) in [5, 5.41) is 0. The van der Waals surface area contributed by atoms with Gasteiger partial charge in [-0.25, -0.2) is 4.98 Å². The van der Waals surface area contributed by atoms with Gasteiger partial charge in [0, 0.05) is 45.5 Å². The normalized spacial score (nSPS) is 18.5. The first kappa shape index (κ1) is 25.6. The molecule has 0 N–H and O–H groups in total. The van der Waals surface area contributed by atoms with Gasteiger partial charge in [-0.2, -0.15) is 0 Å². The van der Waals surface area contributed by atoms with Gasteiger partial charge in [0.1, 0.15) is 15.8 Å². The maximum absolute atomic E-state index is 13.8. The van der Waals surface area contributed by atoms with E-state index in [1.165, 1.54) is 16.7 Å². The Morgan fingerprint density at radius 3 is 2.69 bits per heavy atom. The quantitative estimate of drug-likeness (QED) is 0.256. The molecule has 2 saturated heterocycles. The van der Waals surface area contributed by atoms with Crippen LogP contribution in [0.15, 0.2) is 58.9 Å². The van der Waals surface area contributed by atoms with Crippen LogP contribution in [-0.4, -0.2) is 68.9 Å². The van der Waals surface area contributed by atoms with Crippen molar-refractivity contribution < 1.29 is 14.3 Å². The number of amides is 1. The van der Waals surface area contributed by atoms with Crippen molar-refractivity contribution in [3.8, 4) is 11.5 Å². The Hall–Kier alpha value is -3.67. The lowest BCUT2D eigenvalue weighted by atomic mass is 10.1. The molecular weight excluding hydrogens is 534 g/mol. The Bertz CT molecular complexity index is 1590. The summed E-state index contributed by atoms with van der Waals surface area (Å²) < 4.78 is 12.9. The number of aromatic nitrogens is 2. The van der Waals surface area contributed by atoms with Gasteiger partial charge in [-0.05, 0) is 42.3 Å². The number of benzene rings is 1. The van der Waals surface area contributed by atoms with E-state index >= 15 is 0 Å². The maximum atomic E-state index is 13.8. The number of piperazine rings is 1. The molecule has 3 aliphatic rings. The second-order valence-electron chi connectivity index (χ2n) is 9.62. The number of nitrogens with zero attached hydrogens (tertiary/aromatic N) is 5. The maximum Gasteiger partial charge on any atom is 0.267 e. The number of carbonyl (C=O) groups is 1. The number of hydrogen-bond acceptors (Lipinski definition) is 9. The fraction of sp³-hybridized carbons (Fsp3) is 0.286. The third kappa shape index (κ3) is 4.93. The van der Waals surface area contributed by atoms with E-state index in [4.69, 9.17) is 26.7 Å². The van der Waals surface area contributed by atoms with Crippen LogP contribution in [0.2, 0.25) is 0 Å². The van der Waals surface area contributed by atoms with Crippen molar-refractivity contribution in [3.05, 3.63) is 81.1 Å². The number of carbonyl (C=O) groups excluding carboxylic acids is 1.